The molecule has 1 fully saturated rings. The highest BCUT2D eigenvalue weighted by Crippen LogP contribution is 2.35. The van der Waals surface area contributed by atoms with Crippen LogP contribution in [0.25, 0.3) is 0 Å². The number of hydrogen-bond acceptors (Lipinski definition) is 3. The highest BCUT2D eigenvalue weighted by molar-refractivity contribution is 8.15. The summed E-state index contributed by atoms with van der Waals surface area (Å²) in [5.41, 5.74) is -0.158. The van der Waals surface area contributed by atoms with Crippen LogP contribution in [0.2, 0.25) is 0 Å². The monoisotopic (exact) mass is 274 g/mol. The Labute approximate surface area is 105 Å². The lowest BCUT2D eigenvalue weighted by Gasteiger charge is -2.19. The molecule has 18 heavy (non-hydrogen) atoms. The van der Waals surface area contributed by atoms with Gasteiger partial charge in [-0.2, -0.15) is 13.2 Å². The number of amides is 1. The van der Waals surface area contributed by atoms with Crippen LogP contribution in [0.4, 0.5) is 18.9 Å². The number of amidine groups is 1. The fourth-order valence-electron chi connectivity index (χ4n) is 1.64. The number of nitrogens with one attached hydrogen (secondary N) is 1. The van der Waals surface area contributed by atoms with E-state index in [2.05, 4.69) is 0 Å². The Kier molecular flexibility index (Phi) is 3.10. The van der Waals surface area contributed by atoms with Crippen LogP contribution in [0.3, 0.4) is 0 Å². The van der Waals surface area contributed by atoms with Crippen LogP contribution >= 0.6 is 11.8 Å². The van der Waals surface area contributed by atoms with Crippen molar-refractivity contribution in [3.63, 3.8) is 0 Å². The van der Waals surface area contributed by atoms with E-state index >= 15 is 0 Å². The lowest BCUT2D eigenvalue weighted by molar-refractivity contribution is -0.137. The predicted octanol–water partition coefficient (Wildman–Crippen LogP) is 3.03. The van der Waals surface area contributed by atoms with Gasteiger partial charge in [0.05, 0.1) is 17.0 Å². The topological polar surface area (TPSA) is 44.2 Å². The Balaban J connectivity index is 2.50. The number of hydrogen-bond donors (Lipinski definition) is 1. The molecule has 1 amide bonds. The average molecular weight is 274 g/mol. The number of alkyl halides is 3. The van der Waals surface area contributed by atoms with Crippen molar-refractivity contribution in [3.8, 4) is 0 Å². The molecule has 0 bridgehead atoms. The quantitative estimate of drug-likeness (QED) is 0.855. The summed E-state index contributed by atoms with van der Waals surface area (Å²) in [5, 5.41) is 7.54. The Bertz CT molecular complexity index is 512. The second-order valence-electron chi connectivity index (χ2n) is 3.82. The molecule has 1 aromatic carbocycles. The molecule has 1 aromatic rings. The molecule has 1 N–H and O–H groups in total. The standard InChI is InChI=1S/C11H9F3N2OS/c1-6-2-3-7(11(12,13)14)4-8(6)16-9(17)5-18-10(16)15/h2-4,15H,5H2,1H3. The molecule has 1 aliphatic rings. The molecular formula is C11H9F3N2OS. The summed E-state index contributed by atoms with van der Waals surface area (Å²) in [5.74, 6) is -0.276. The van der Waals surface area contributed by atoms with Crippen molar-refractivity contribution in [2.45, 2.75) is 13.1 Å². The summed E-state index contributed by atoms with van der Waals surface area (Å²) < 4.78 is 37.9. The first kappa shape index (κ1) is 12.9. The van der Waals surface area contributed by atoms with E-state index < -0.39 is 11.7 Å². The first-order valence-corrected chi connectivity index (χ1v) is 6.01. The highest BCUT2D eigenvalue weighted by Gasteiger charge is 2.34. The molecule has 1 aliphatic heterocycles. The minimum Gasteiger partial charge on any atom is -0.278 e. The number of benzene rings is 1. The van der Waals surface area contributed by atoms with Gasteiger partial charge in [-0.25, -0.2) is 0 Å². The van der Waals surface area contributed by atoms with Gasteiger partial charge in [-0.3, -0.25) is 15.1 Å². The van der Waals surface area contributed by atoms with Crippen molar-refractivity contribution in [3.05, 3.63) is 29.3 Å². The van der Waals surface area contributed by atoms with Crippen LogP contribution in [0.1, 0.15) is 11.1 Å². The van der Waals surface area contributed by atoms with Gasteiger partial charge in [0.2, 0.25) is 5.91 Å². The van der Waals surface area contributed by atoms with E-state index in [9.17, 15) is 18.0 Å². The Hall–Kier alpha value is -1.50. The summed E-state index contributed by atoms with van der Waals surface area (Å²) in [6, 6.07) is 3.19. The summed E-state index contributed by atoms with van der Waals surface area (Å²) in [4.78, 5) is 12.6. The van der Waals surface area contributed by atoms with Gasteiger partial charge in [-0.15, -0.1) is 0 Å². The molecule has 0 atom stereocenters. The predicted molar refractivity (Wildman–Crippen MR) is 63.9 cm³/mol. The summed E-state index contributed by atoms with van der Waals surface area (Å²) in [6.07, 6.45) is -4.46. The molecule has 96 valence electrons. The lowest BCUT2D eigenvalue weighted by atomic mass is 10.1. The highest BCUT2D eigenvalue weighted by atomic mass is 32.2. The van der Waals surface area contributed by atoms with Crippen molar-refractivity contribution < 1.29 is 18.0 Å². The molecule has 7 heteroatoms. The Morgan fingerprint density at radius 3 is 2.56 bits per heavy atom. The normalized spacial score (nSPS) is 16.6. The van der Waals surface area contributed by atoms with E-state index in [0.29, 0.717) is 5.56 Å². The molecule has 0 radical (unpaired) electrons. The Morgan fingerprint density at radius 2 is 2.06 bits per heavy atom. The van der Waals surface area contributed by atoms with Crippen LogP contribution in [-0.4, -0.2) is 16.8 Å². The zero-order valence-corrected chi connectivity index (χ0v) is 10.2. The van der Waals surface area contributed by atoms with Crippen molar-refractivity contribution in [1.82, 2.24) is 0 Å². The number of carbonyl (C=O) groups is 1. The van der Waals surface area contributed by atoms with Gasteiger partial charge in [0, 0.05) is 0 Å². The van der Waals surface area contributed by atoms with Gasteiger partial charge >= 0.3 is 6.18 Å². The molecular weight excluding hydrogens is 265 g/mol. The molecule has 0 unspecified atom stereocenters. The van der Waals surface area contributed by atoms with Gasteiger partial charge in [0.1, 0.15) is 0 Å². The van der Waals surface area contributed by atoms with Gasteiger partial charge < -0.3 is 0 Å². The van der Waals surface area contributed by atoms with Crippen LogP contribution in [0, 0.1) is 12.3 Å². The zero-order chi connectivity index (χ0) is 13.5. The van der Waals surface area contributed by atoms with Gasteiger partial charge in [0.25, 0.3) is 0 Å². The number of aryl methyl sites for hydroxylation is 1. The smallest absolute Gasteiger partial charge is 0.278 e. The fourth-order valence-corrected chi connectivity index (χ4v) is 2.36. The summed E-state index contributed by atoms with van der Waals surface area (Å²) in [6.45, 7) is 1.61. The first-order valence-electron chi connectivity index (χ1n) is 5.03. The van der Waals surface area contributed by atoms with E-state index in [0.717, 1.165) is 28.8 Å². The first-order chi connectivity index (χ1) is 8.30. The number of nitrogens with zero attached hydrogens (tertiary/aromatic N) is 1. The Morgan fingerprint density at radius 1 is 1.39 bits per heavy atom. The molecule has 0 saturated carbocycles. The number of thioether (sulfide) groups is 1. The van der Waals surface area contributed by atoms with Crippen molar-refractivity contribution in [2.24, 2.45) is 0 Å². The second-order valence-corrected chi connectivity index (χ2v) is 4.79. The third-order valence-electron chi connectivity index (χ3n) is 2.56. The van der Waals surface area contributed by atoms with E-state index in [1.165, 1.54) is 6.07 Å². The minimum atomic E-state index is -4.46. The van der Waals surface area contributed by atoms with Gasteiger partial charge in [-0.1, -0.05) is 17.8 Å². The molecule has 0 aliphatic carbocycles. The van der Waals surface area contributed by atoms with E-state index in [4.69, 9.17) is 5.41 Å². The molecule has 1 saturated heterocycles. The van der Waals surface area contributed by atoms with Crippen molar-refractivity contribution >= 4 is 28.5 Å². The van der Waals surface area contributed by atoms with Crippen LogP contribution in [-0.2, 0) is 11.0 Å². The molecule has 0 spiro atoms. The van der Waals surface area contributed by atoms with Gasteiger partial charge in [0.15, 0.2) is 5.17 Å². The lowest BCUT2D eigenvalue weighted by Crippen LogP contribution is -2.29. The largest absolute Gasteiger partial charge is 0.416 e. The van der Waals surface area contributed by atoms with Crippen molar-refractivity contribution in [1.29, 1.82) is 5.41 Å². The molecule has 1 heterocycles. The SMILES string of the molecule is Cc1ccc(C(F)(F)F)cc1N1C(=N)SCC1=O. The third-order valence-corrected chi connectivity index (χ3v) is 3.41. The number of rotatable bonds is 1. The number of anilines is 1. The van der Waals surface area contributed by atoms with E-state index in [1.54, 1.807) is 6.92 Å². The van der Waals surface area contributed by atoms with E-state index in [1.807, 2.05) is 0 Å². The number of halogens is 3. The van der Waals surface area contributed by atoms with Gasteiger partial charge in [-0.05, 0) is 24.6 Å². The summed E-state index contributed by atoms with van der Waals surface area (Å²) in [7, 11) is 0. The van der Waals surface area contributed by atoms with Crippen LogP contribution in [0.5, 0.6) is 0 Å². The second kappa shape index (κ2) is 4.31. The molecule has 2 rings (SSSR count). The maximum absolute atomic E-state index is 12.6. The van der Waals surface area contributed by atoms with E-state index in [-0.39, 0.29) is 22.5 Å². The zero-order valence-electron chi connectivity index (χ0n) is 9.34. The number of carbonyl (C=O) groups excluding carboxylic acids is 1. The minimum absolute atomic E-state index is 0.0394. The van der Waals surface area contributed by atoms with Crippen LogP contribution in [0.15, 0.2) is 18.2 Å². The molecule has 3 nitrogen and oxygen atoms in total. The fraction of sp³-hybridized carbons (Fsp3) is 0.273. The summed E-state index contributed by atoms with van der Waals surface area (Å²) >= 11 is 1.01. The average Bonchev–Trinajstić information content (AvgIpc) is 2.58. The maximum atomic E-state index is 12.6. The van der Waals surface area contributed by atoms with Crippen LogP contribution < -0.4 is 4.90 Å². The maximum Gasteiger partial charge on any atom is 0.416 e. The third kappa shape index (κ3) is 2.22. The molecule has 0 aromatic heterocycles. The van der Waals surface area contributed by atoms with Crippen molar-refractivity contribution in [2.75, 3.05) is 10.7 Å².